The Morgan fingerprint density at radius 2 is 1.88 bits per heavy atom. The van der Waals surface area contributed by atoms with Crippen molar-refractivity contribution in [3.8, 4) is 5.75 Å². The number of halogens is 1. The van der Waals surface area contributed by atoms with Crippen molar-refractivity contribution in [3.05, 3.63) is 58.2 Å². The van der Waals surface area contributed by atoms with Crippen LogP contribution in [0.1, 0.15) is 108 Å². The second-order valence-corrected chi connectivity index (χ2v) is 10.0. The number of phenols is 1. The molecule has 0 saturated heterocycles. The summed E-state index contributed by atoms with van der Waals surface area (Å²) < 4.78 is 15.1. The Kier molecular flexibility index (Phi) is 10.4. The van der Waals surface area contributed by atoms with Gasteiger partial charge in [-0.1, -0.05) is 70.6 Å². The molecule has 0 fully saturated rings. The molecule has 1 aromatic rings. The summed E-state index contributed by atoms with van der Waals surface area (Å²) in [5.74, 6) is -0.941. The molecule has 0 bridgehead atoms. The Bertz CT molecular complexity index is 908. The normalized spacial score (nSPS) is 16.8. The topological polar surface area (TPSA) is 49.3 Å². The van der Waals surface area contributed by atoms with Crippen molar-refractivity contribution in [1.82, 2.24) is 5.32 Å². The fourth-order valence-electron chi connectivity index (χ4n) is 4.57. The van der Waals surface area contributed by atoms with Crippen LogP contribution in [0, 0.1) is 5.41 Å². The molecular weight excluding hydrogens is 413 g/mol. The minimum Gasteiger partial charge on any atom is -0.507 e. The van der Waals surface area contributed by atoms with Gasteiger partial charge in [-0.3, -0.25) is 4.79 Å². The number of amides is 1. The molecule has 4 heteroatoms. The predicted molar refractivity (Wildman–Crippen MR) is 137 cm³/mol. The van der Waals surface area contributed by atoms with E-state index in [2.05, 4.69) is 33.0 Å². The van der Waals surface area contributed by atoms with E-state index in [9.17, 15) is 9.90 Å². The molecule has 1 amide bonds. The number of nitrogens with one attached hydrogen (secondary N) is 1. The number of rotatable bonds is 11. The van der Waals surface area contributed by atoms with Crippen LogP contribution in [0.15, 0.2) is 47.1 Å². The van der Waals surface area contributed by atoms with Gasteiger partial charge in [0.2, 0.25) is 0 Å². The average Bonchev–Trinajstić information content (AvgIpc) is 2.76. The molecule has 0 radical (unpaired) electrons. The smallest absolute Gasteiger partial charge is 0.251 e. The van der Waals surface area contributed by atoms with Gasteiger partial charge >= 0.3 is 0 Å². The fraction of sp³-hybridized carbons (Fsp3) is 0.552. The fourth-order valence-corrected chi connectivity index (χ4v) is 4.57. The Morgan fingerprint density at radius 3 is 2.55 bits per heavy atom. The molecule has 1 aliphatic carbocycles. The summed E-state index contributed by atoms with van der Waals surface area (Å²) in [6, 6.07) is 4.40. The van der Waals surface area contributed by atoms with Gasteiger partial charge < -0.3 is 10.4 Å². The highest BCUT2D eigenvalue weighted by molar-refractivity contribution is 5.95. The Balaban J connectivity index is 2.02. The van der Waals surface area contributed by atoms with Crippen LogP contribution in [0.4, 0.5) is 4.39 Å². The number of carbonyl (C=O) groups excluding carboxylic acids is 1. The van der Waals surface area contributed by atoms with Crippen molar-refractivity contribution in [2.75, 3.05) is 6.54 Å². The summed E-state index contributed by atoms with van der Waals surface area (Å²) in [6.45, 7) is 11.1. The molecule has 0 spiro atoms. The summed E-state index contributed by atoms with van der Waals surface area (Å²) in [5, 5.41) is 13.3. The number of benzene rings is 1. The van der Waals surface area contributed by atoms with E-state index in [-0.39, 0.29) is 22.6 Å². The highest BCUT2D eigenvalue weighted by Gasteiger charge is 2.26. The molecular formula is C29H42FNO2. The number of carbonyl (C=O) groups is 1. The Hall–Kier alpha value is -2.36. The van der Waals surface area contributed by atoms with Crippen LogP contribution in [-0.2, 0) is 0 Å². The van der Waals surface area contributed by atoms with Crippen molar-refractivity contribution >= 4 is 11.7 Å². The lowest BCUT2D eigenvalue weighted by atomic mass is 9.72. The van der Waals surface area contributed by atoms with Gasteiger partial charge in [-0.2, -0.15) is 0 Å². The molecule has 182 valence electrons. The standard InChI is InChI=1S/C29H42FNO2/c1-6-7-8-9-10-11-19-31-28(33)23-15-16-24(26(32)20-23)27(30)22(3)14-17-25-21(2)13-12-18-29(25,4)5/h14-17,20,32H,6-13,18-19H2,1-5H3,(H,31,33)/b17-14+,27-22-. The number of hydrogen-bond acceptors (Lipinski definition) is 2. The quantitative estimate of drug-likeness (QED) is 0.260. The SMILES string of the molecule is CCCCCCCCNC(=O)c1ccc(/C(F)=C(C)/C=C/C2=C(C)CCCC2(C)C)c(O)c1. The first kappa shape index (κ1) is 26.9. The molecule has 1 aliphatic rings. The first-order chi connectivity index (χ1) is 15.7. The molecule has 0 atom stereocenters. The van der Waals surface area contributed by atoms with Crippen LogP contribution >= 0.6 is 0 Å². The molecule has 1 aromatic carbocycles. The third-order valence-corrected chi connectivity index (χ3v) is 6.70. The molecule has 0 aromatic heterocycles. The van der Waals surface area contributed by atoms with Gasteiger partial charge in [-0.15, -0.1) is 0 Å². The summed E-state index contributed by atoms with van der Waals surface area (Å²) in [4.78, 5) is 12.4. The third kappa shape index (κ3) is 7.87. The molecule has 33 heavy (non-hydrogen) atoms. The zero-order valence-electron chi connectivity index (χ0n) is 21.2. The van der Waals surface area contributed by atoms with Crippen LogP contribution < -0.4 is 5.32 Å². The van der Waals surface area contributed by atoms with Crippen molar-refractivity contribution in [3.63, 3.8) is 0 Å². The van der Waals surface area contributed by atoms with Gasteiger partial charge in [0.25, 0.3) is 5.91 Å². The van der Waals surface area contributed by atoms with Gasteiger partial charge in [0.1, 0.15) is 11.6 Å². The lowest BCUT2D eigenvalue weighted by Gasteiger charge is -2.33. The van der Waals surface area contributed by atoms with Crippen LogP contribution in [0.3, 0.4) is 0 Å². The first-order valence-corrected chi connectivity index (χ1v) is 12.5. The molecule has 0 aliphatic heterocycles. The van der Waals surface area contributed by atoms with E-state index in [1.54, 1.807) is 19.1 Å². The number of phenolic OH excluding ortho intramolecular Hbond substituents is 1. The van der Waals surface area contributed by atoms with E-state index >= 15 is 4.39 Å². The maximum absolute atomic E-state index is 15.1. The zero-order chi connectivity index (χ0) is 24.4. The molecule has 0 saturated carbocycles. The largest absolute Gasteiger partial charge is 0.507 e. The second-order valence-electron chi connectivity index (χ2n) is 10.0. The number of aromatic hydroxyl groups is 1. The summed E-state index contributed by atoms with van der Waals surface area (Å²) >= 11 is 0. The zero-order valence-corrected chi connectivity index (χ0v) is 21.2. The number of unbranched alkanes of at least 4 members (excludes halogenated alkanes) is 5. The number of hydrogen-bond donors (Lipinski definition) is 2. The average molecular weight is 456 g/mol. The van der Waals surface area contributed by atoms with E-state index in [0.717, 1.165) is 25.7 Å². The maximum Gasteiger partial charge on any atom is 0.251 e. The van der Waals surface area contributed by atoms with Gasteiger partial charge in [0.15, 0.2) is 0 Å². The molecule has 2 N–H and O–H groups in total. The summed E-state index contributed by atoms with van der Waals surface area (Å²) in [5.41, 5.74) is 3.61. The Labute approximate surface area is 199 Å². The van der Waals surface area contributed by atoms with Crippen LogP contribution in [0.5, 0.6) is 5.75 Å². The maximum atomic E-state index is 15.1. The highest BCUT2D eigenvalue weighted by atomic mass is 19.1. The van der Waals surface area contributed by atoms with Crippen LogP contribution in [-0.4, -0.2) is 17.6 Å². The van der Waals surface area contributed by atoms with E-state index in [1.165, 1.54) is 55.4 Å². The van der Waals surface area contributed by atoms with Crippen LogP contribution in [0.2, 0.25) is 0 Å². The van der Waals surface area contributed by atoms with E-state index < -0.39 is 5.83 Å². The minimum absolute atomic E-state index is 0.0856. The molecule has 3 nitrogen and oxygen atoms in total. The highest BCUT2D eigenvalue weighted by Crippen LogP contribution is 2.41. The van der Waals surface area contributed by atoms with E-state index in [1.807, 2.05) is 6.08 Å². The van der Waals surface area contributed by atoms with Crippen LogP contribution in [0.25, 0.3) is 5.83 Å². The van der Waals surface area contributed by atoms with Gasteiger partial charge in [0, 0.05) is 12.1 Å². The minimum atomic E-state index is -0.477. The van der Waals surface area contributed by atoms with E-state index in [0.29, 0.717) is 17.7 Å². The van der Waals surface area contributed by atoms with Gasteiger partial charge in [0.05, 0.1) is 5.56 Å². The predicted octanol–water partition coefficient (Wildman–Crippen LogP) is 8.27. The molecule has 0 unspecified atom stereocenters. The van der Waals surface area contributed by atoms with Crippen molar-refractivity contribution in [2.24, 2.45) is 5.41 Å². The second kappa shape index (κ2) is 12.8. The van der Waals surface area contributed by atoms with Gasteiger partial charge in [-0.25, -0.2) is 4.39 Å². The monoisotopic (exact) mass is 455 g/mol. The third-order valence-electron chi connectivity index (χ3n) is 6.70. The molecule has 0 heterocycles. The summed E-state index contributed by atoms with van der Waals surface area (Å²) in [7, 11) is 0. The lowest BCUT2D eigenvalue weighted by molar-refractivity contribution is 0.0952. The van der Waals surface area contributed by atoms with Crippen molar-refractivity contribution in [1.29, 1.82) is 0 Å². The van der Waals surface area contributed by atoms with Crippen molar-refractivity contribution in [2.45, 2.75) is 92.4 Å². The van der Waals surface area contributed by atoms with E-state index in [4.69, 9.17) is 0 Å². The Morgan fingerprint density at radius 1 is 1.18 bits per heavy atom. The first-order valence-electron chi connectivity index (χ1n) is 12.5. The number of allylic oxidation sites excluding steroid dienone is 5. The van der Waals surface area contributed by atoms with Gasteiger partial charge in [-0.05, 0) is 74.3 Å². The summed E-state index contributed by atoms with van der Waals surface area (Å²) in [6.07, 6.45) is 14.1. The molecule has 2 rings (SSSR count). The lowest BCUT2D eigenvalue weighted by Crippen LogP contribution is -2.24. The van der Waals surface area contributed by atoms with Crippen molar-refractivity contribution < 1.29 is 14.3 Å².